The topological polar surface area (TPSA) is 104 Å². The van der Waals surface area contributed by atoms with Crippen LogP contribution in [0.1, 0.15) is 15.2 Å². The number of rotatable bonds is 6. The third-order valence-electron chi connectivity index (χ3n) is 4.02. The first-order chi connectivity index (χ1) is 13.4. The lowest BCUT2D eigenvalue weighted by atomic mass is 10.1. The van der Waals surface area contributed by atoms with Crippen LogP contribution in [0.3, 0.4) is 0 Å². The molecule has 0 unspecified atom stereocenters. The summed E-state index contributed by atoms with van der Waals surface area (Å²) in [5.41, 5.74) is 1.67. The smallest absolute Gasteiger partial charge is 0.269 e. The van der Waals surface area contributed by atoms with E-state index in [1.54, 1.807) is 26.4 Å². The fourth-order valence-electron chi connectivity index (χ4n) is 2.60. The minimum absolute atomic E-state index is 0.0750. The number of aryl methyl sites for hydroxylation is 1. The second-order valence-corrected chi connectivity index (χ2v) is 6.95. The number of benzene rings is 2. The van der Waals surface area contributed by atoms with E-state index >= 15 is 0 Å². The number of ether oxygens (including phenoxy) is 2. The van der Waals surface area contributed by atoms with Gasteiger partial charge >= 0.3 is 0 Å². The third kappa shape index (κ3) is 3.94. The molecule has 28 heavy (non-hydrogen) atoms. The van der Waals surface area contributed by atoms with Crippen LogP contribution in [0.5, 0.6) is 11.5 Å². The maximum atomic E-state index is 12.4. The summed E-state index contributed by atoms with van der Waals surface area (Å²) in [4.78, 5) is 28.0. The lowest BCUT2D eigenvalue weighted by Crippen LogP contribution is -2.11. The number of nitro groups is 1. The monoisotopic (exact) mass is 399 g/mol. The Kier molecular flexibility index (Phi) is 5.55. The molecule has 0 atom stereocenters. The van der Waals surface area contributed by atoms with Crippen molar-refractivity contribution in [3.63, 3.8) is 0 Å². The zero-order valence-corrected chi connectivity index (χ0v) is 16.2. The van der Waals surface area contributed by atoms with E-state index in [0.717, 1.165) is 10.4 Å². The Balaban J connectivity index is 1.86. The van der Waals surface area contributed by atoms with E-state index in [9.17, 15) is 14.9 Å². The highest BCUT2D eigenvalue weighted by molar-refractivity contribution is 7.16. The average Bonchev–Trinajstić information content (AvgIpc) is 3.07. The average molecular weight is 399 g/mol. The number of amides is 1. The number of aromatic nitrogens is 1. The van der Waals surface area contributed by atoms with Gasteiger partial charge in [0.1, 0.15) is 11.5 Å². The molecule has 0 fully saturated rings. The molecule has 0 aliphatic carbocycles. The Morgan fingerprint density at radius 3 is 2.46 bits per heavy atom. The normalized spacial score (nSPS) is 10.4. The minimum atomic E-state index is -0.514. The summed E-state index contributed by atoms with van der Waals surface area (Å²) in [6.07, 6.45) is 0. The number of nitro benzene ring substituents is 1. The van der Waals surface area contributed by atoms with Crippen LogP contribution in [-0.4, -0.2) is 30.0 Å². The van der Waals surface area contributed by atoms with Crippen LogP contribution >= 0.6 is 11.3 Å². The Morgan fingerprint density at radius 1 is 1.14 bits per heavy atom. The fraction of sp³-hybridized carbons (Fsp3) is 0.158. The first-order valence-corrected chi connectivity index (χ1v) is 9.00. The summed E-state index contributed by atoms with van der Waals surface area (Å²) in [6, 6.07) is 10.8. The van der Waals surface area contributed by atoms with E-state index in [0.29, 0.717) is 27.9 Å². The first kappa shape index (κ1) is 19.3. The molecule has 9 heteroatoms. The maximum Gasteiger partial charge on any atom is 0.269 e. The van der Waals surface area contributed by atoms with Crippen LogP contribution < -0.4 is 14.8 Å². The van der Waals surface area contributed by atoms with E-state index in [1.165, 1.54) is 35.6 Å². The standard InChI is InChI=1S/C19H17N3O5S/c1-11-17(15-10-14(26-2)8-9-16(15)27-3)20-19(28-11)21-18(23)12-4-6-13(7-5-12)22(24)25/h4-10H,1-3H3,(H,20,21,23). The van der Waals surface area contributed by atoms with Gasteiger partial charge in [-0.2, -0.15) is 0 Å². The largest absolute Gasteiger partial charge is 0.497 e. The number of carbonyl (C=O) groups is 1. The fourth-order valence-corrected chi connectivity index (χ4v) is 3.43. The van der Waals surface area contributed by atoms with Gasteiger partial charge < -0.3 is 9.47 Å². The Bertz CT molecular complexity index is 1030. The number of hydrogen-bond acceptors (Lipinski definition) is 7. The van der Waals surface area contributed by atoms with Crippen molar-refractivity contribution >= 4 is 28.1 Å². The van der Waals surface area contributed by atoms with Crippen molar-refractivity contribution in [3.8, 4) is 22.8 Å². The van der Waals surface area contributed by atoms with E-state index in [2.05, 4.69) is 10.3 Å². The number of thiazole rings is 1. The van der Waals surface area contributed by atoms with Crippen LogP contribution in [0.15, 0.2) is 42.5 Å². The van der Waals surface area contributed by atoms with Gasteiger partial charge in [-0.3, -0.25) is 20.2 Å². The lowest BCUT2D eigenvalue weighted by molar-refractivity contribution is -0.384. The number of nitrogens with zero attached hydrogens (tertiary/aromatic N) is 2. The number of nitrogens with one attached hydrogen (secondary N) is 1. The number of hydrogen-bond donors (Lipinski definition) is 1. The molecule has 0 aliphatic rings. The van der Waals surface area contributed by atoms with Crippen molar-refractivity contribution in [1.82, 2.24) is 4.98 Å². The predicted molar refractivity (Wildman–Crippen MR) is 106 cm³/mol. The molecule has 1 aromatic heterocycles. The SMILES string of the molecule is COc1ccc(OC)c(-c2nc(NC(=O)c3ccc([N+](=O)[O-])cc3)sc2C)c1. The third-order valence-corrected chi connectivity index (χ3v) is 4.91. The van der Waals surface area contributed by atoms with Gasteiger partial charge in [-0.05, 0) is 37.3 Å². The van der Waals surface area contributed by atoms with Crippen LogP contribution in [0, 0.1) is 17.0 Å². The summed E-state index contributed by atoms with van der Waals surface area (Å²) < 4.78 is 10.7. The zero-order chi connectivity index (χ0) is 20.3. The van der Waals surface area contributed by atoms with E-state index in [4.69, 9.17) is 9.47 Å². The molecule has 8 nitrogen and oxygen atoms in total. The van der Waals surface area contributed by atoms with Crippen LogP contribution in [-0.2, 0) is 0 Å². The van der Waals surface area contributed by atoms with Crippen molar-refractivity contribution in [2.45, 2.75) is 6.92 Å². The number of anilines is 1. The molecule has 1 amide bonds. The summed E-state index contributed by atoms with van der Waals surface area (Å²) >= 11 is 1.33. The van der Waals surface area contributed by atoms with Gasteiger partial charge in [0.15, 0.2) is 5.13 Å². The molecule has 0 spiro atoms. The van der Waals surface area contributed by atoms with Gasteiger partial charge in [0, 0.05) is 28.1 Å². The van der Waals surface area contributed by atoms with Gasteiger partial charge in [-0.15, -0.1) is 11.3 Å². The first-order valence-electron chi connectivity index (χ1n) is 8.18. The van der Waals surface area contributed by atoms with Gasteiger partial charge in [-0.1, -0.05) is 0 Å². The summed E-state index contributed by atoms with van der Waals surface area (Å²) in [5, 5.41) is 13.9. The number of methoxy groups -OCH3 is 2. The van der Waals surface area contributed by atoms with Crippen molar-refractivity contribution in [1.29, 1.82) is 0 Å². The van der Waals surface area contributed by atoms with Crippen LogP contribution in [0.2, 0.25) is 0 Å². The quantitative estimate of drug-likeness (QED) is 0.490. The molecular formula is C19H17N3O5S. The minimum Gasteiger partial charge on any atom is -0.497 e. The zero-order valence-electron chi connectivity index (χ0n) is 15.4. The second kappa shape index (κ2) is 8.05. The summed E-state index contributed by atoms with van der Waals surface area (Å²) in [5.74, 6) is 0.912. The van der Waals surface area contributed by atoms with Gasteiger partial charge in [0.2, 0.25) is 0 Å². The summed E-state index contributed by atoms with van der Waals surface area (Å²) in [6.45, 7) is 1.90. The highest BCUT2D eigenvalue weighted by atomic mass is 32.1. The van der Waals surface area contributed by atoms with Gasteiger partial charge in [0.25, 0.3) is 11.6 Å². The van der Waals surface area contributed by atoms with Crippen LogP contribution in [0.25, 0.3) is 11.3 Å². The highest BCUT2D eigenvalue weighted by Crippen LogP contribution is 2.38. The summed E-state index contributed by atoms with van der Waals surface area (Å²) in [7, 11) is 3.15. The molecule has 1 heterocycles. The lowest BCUT2D eigenvalue weighted by Gasteiger charge is -2.09. The molecule has 1 N–H and O–H groups in total. The Morgan fingerprint density at radius 2 is 1.86 bits per heavy atom. The molecule has 0 bridgehead atoms. The van der Waals surface area contributed by atoms with Crippen molar-refractivity contribution in [2.75, 3.05) is 19.5 Å². The van der Waals surface area contributed by atoms with Crippen LogP contribution in [0.4, 0.5) is 10.8 Å². The molecular weight excluding hydrogens is 382 g/mol. The maximum absolute atomic E-state index is 12.4. The molecule has 0 saturated carbocycles. The van der Waals surface area contributed by atoms with E-state index in [1.807, 2.05) is 13.0 Å². The predicted octanol–water partition coefficient (Wildman–Crippen LogP) is 4.30. The highest BCUT2D eigenvalue weighted by Gasteiger charge is 2.17. The molecule has 0 radical (unpaired) electrons. The van der Waals surface area contributed by atoms with E-state index < -0.39 is 10.8 Å². The molecule has 3 rings (SSSR count). The molecule has 3 aromatic rings. The second-order valence-electron chi connectivity index (χ2n) is 5.75. The molecule has 0 aliphatic heterocycles. The molecule has 144 valence electrons. The number of carbonyl (C=O) groups excluding carboxylic acids is 1. The van der Waals surface area contributed by atoms with Gasteiger partial charge in [-0.25, -0.2) is 4.98 Å². The van der Waals surface area contributed by atoms with Crippen molar-refractivity contribution in [2.24, 2.45) is 0 Å². The van der Waals surface area contributed by atoms with Crippen molar-refractivity contribution in [3.05, 3.63) is 63.0 Å². The van der Waals surface area contributed by atoms with Crippen molar-refractivity contribution < 1.29 is 19.2 Å². The molecule has 2 aromatic carbocycles. The van der Waals surface area contributed by atoms with E-state index in [-0.39, 0.29) is 5.69 Å². The Hall–Kier alpha value is -3.46. The Labute approximate surface area is 164 Å². The number of non-ortho nitro benzene ring substituents is 1. The molecule has 0 saturated heterocycles. The van der Waals surface area contributed by atoms with Gasteiger partial charge in [0.05, 0.1) is 24.8 Å².